The summed E-state index contributed by atoms with van der Waals surface area (Å²) in [5, 5.41) is 8.91. The van der Waals surface area contributed by atoms with Gasteiger partial charge in [0.25, 0.3) is 0 Å². The first kappa shape index (κ1) is 17.8. The van der Waals surface area contributed by atoms with Crippen molar-refractivity contribution in [3.63, 3.8) is 0 Å². The van der Waals surface area contributed by atoms with E-state index in [1.54, 1.807) is 7.11 Å². The molecule has 2 saturated heterocycles. The third-order valence-corrected chi connectivity index (χ3v) is 5.53. The van der Waals surface area contributed by atoms with Crippen molar-refractivity contribution in [3.05, 3.63) is 36.4 Å². The average Bonchev–Trinajstić information content (AvgIpc) is 3.13. The summed E-state index contributed by atoms with van der Waals surface area (Å²) in [4.78, 5) is 16.2. The Morgan fingerprint density at radius 3 is 2.74 bits per heavy atom. The van der Waals surface area contributed by atoms with Crippen LogP contribution in [0.25, 0.3) is 11.3 Å². The molecule has 6 heteroatoms. The molecule has 0 aliphatic carbocycles. The molecule has 3 heterocycles. The molecule has 6 nitrogen and oxygen atoms in total. The van der Waals surface area contributed by atoms with Gasteiger partial charge in [-0.1, -0.05) is 12.1 Å². The van der Waals surface area contributed by atoms with Gasteiger partial charge in [-0.05, 0) is 49.4 Å². The molecule has 2 fully saturated rings. The molecule has 1 aromatic carbocycles. The fourth-order valence-electron chi connectivity index (χ4n) is 4.12. The van der Waals surface area contributed by atoms with Crippen molar-refractivity contribution < 1.29 is 9.53 Å². The summed E-state index contributed by atoms with van der Waals surface area (Å²) < 4.78 is 5.42. The molecule has 2 aliphatic rings. The lowest BCUT2D eigenvalue weighted by Crippen LogP contribution is -2.41. The highest BCUT2D eigenvalue weighted by Crippen LogP contribution is 2.29. The Morgan fingerprint density at radius 1 is 1.11 bits per heavy atom. The lowest BCUT2D eigenvalue weighted by molar-refractivity contribution is -0.128. The fourth-order valence-corrected chi connectivity index (χ4v) is 4.12. The van der Waals surface area contributed by atoms with Crippen LogP contribution in [-0.2, 0) is 4.79 Å². The number of rotatable bonds is 5. The van der Waals surface area contributed by atoms with Crippen LogP contribution in [0.15, 0.2) is 36.4 Å². The highest BCUT2D eigenvalue weighted by Gasteiger charge is 2.27. The van der Waals surface area contributed by atoms with Crippen LogP contribution < -0.4 is 9.64 Å². The normalized spacial score (nSPS) is 20.2. The van der Waals surface area contributed by atoms with Crippen LogP contribution in [0, 0.1) is 5.92 Å². The van der Waals surface area contributed by atoms with Crippen molar-refractivity contribution >= 4 is 11.7 Å². The molecule has 1 amide bonds. The largest absolute Gasteiger partial charge is 0.496 e. The van der Waals surface area contributed by atoms with E-state index in [2.05, 4.69) is 15.1 Å². The number of hydrogen-bond donors (Lipinski definition) is 0. The van der Waals surface area contributed by atoms with E-state index in [9.17, 15) is 4.79 Å². The Bertz CT molecular complexity index is 793. The van der Waals surface area contributed by atoms with Gasteiger partial charge in [-0.3, -0.25) is 4.79 Å². The molecular weight excluding hydrogens is 340 g/mol. The van der Waals surface area contributed by atoms with Crippen molar-refractivity contribution in [3.8, 4) is 17.0 Å². The zero-order chi connectivity index (χ0) is 18.6. The van der Waals surface area contributed by atoms with Gasteiger partial charge in [0, 0.05) is 38.2 Å². The number of aromatic nitrogens is 2. The Kier molecular flexibility index (Phi) is 5.23. The number of benzene rings is 1. The molecule has 27 heavy (non-hydrogen) atoms. The van der Waals surface area contributed by atoms with Gasteiger partial charge in [-0.25, -0.2) is 0 Å². The van der Waals surface area contributed by atoms with E-state index in [1.165, 1.54) is 6.42 Å². The Labute approximate surface area is 160 Å². The molecular formula is C21H26N4O2. The second-order valence-corrected chi connectivity index (χ2v) is 7.37. The molecule has 1 aromatic heterocycles. The van der Waals surface area contributed by atoms with E-state index in [0.29, 0.717) is 18.2 Å². The number of anilines is 1. The number of nitrogens with zero attached hydrogens (tertiary/aromatic N) is 4. The first-order valence-electron chi connectivity index (χ1n) is 9.74. The Balaban J connectivity index is 1.44. The number of likely N-dealkylation sites (tertiary alicyclic amines) is 1. The van der Waals surface area contributed by atoms with Gasteiger partial charge in [0.1, 0.15) is 5.75 Å². The van der Waals surface area contributed by atoms with Gasteiger partial charge in [0.05, 0.1) is 12.8 Å². The maximum Gasteiger partial charge on any atom is 0.222 e. The zero-order valence-corrected chi connectivity index (χ0v) is 15.8. The smallest absolute Gasteiger partial charge is 0.222 e. The number of ether oxygens (including phenoxy) is 1. The summed E-state index contributed by atoms with van der Waals surface area (Å²) in [5.41, 5.74) is 1.76. The third-order valence-electron chi connectivity index (χ3n) is 5.53. The number of carbonyl (C=O) groups is 1. The summed E-state index contributed by atoms with van der Waals surface area (Å²) in [5.74, 6) is 2.53. The van der Waals surface area contributed by atoms with Crippen molar-refractivity contribution in [2.24, 2.45) is 5.92 Å². The number of para-hydroxylation sites is 1. The first-order valence-corrected chi connectivity index (χ1v) is 9.74. The zero-order valence-electron chi connectivity index (χ0n) is 15.8. The summed E-state index contributed by atoms with van der Waals surface area (Å²) in [6.07, 6.45) is 4.02. The van der Waals surface area contributed by atoms with Gasteiger partial charge >= 0.3 is 0 Å². The topological polar surface area (TPSA) is 58.6 Å². The molecule has 0 unspecified atom stereocenters. The second-order valence-electron chi connectivity index (χ2n) is 7.37. The number of hydrogen-bond acceptors (Lipinski definition) is 5. The van der Waals surface area contributed by atoms with Crippen molar-refractivity contribution in [2.45, 2.75) is 25.7 Å². The van der Waals surface area contributed by atoms with Crippen LogP contribution in [0.4, 0.5) is 5.82 Å². The minimum atomic E-state index is 0.313. The third kappa shape index (κ3) is 3.89. The molecule has 142 valence electrons. The molecule has 0 radical (unpaired) electrons. The Hall–Kier alpha value is -2.63. The molecule has 0 saturated carbocycles. The molecule has 1 atom stereocenters. The van der Waals surface area contributed by atoms with Gasteiger partial charge < -0.3 is 14.5 Å². The van der Waals surface area contributed by atoms with E-state index in [4.69, 9.17) is 4.74 Å². The highest BCUT2D eigenvalue weighted by atomic mass is 16.5. The lowest BCUT2D eigenvalue weighted by Gasteiger charge is -2.35. The quantitative estimate of drug-likeness (QED) is 0.814. The molecule has 2 aromatic rings. The number of piperidine rings is 1. The summed E-state index contributed by atoms with van der Waals surface area (Å²) in [6.45, 7) is 3.73. The maximum absolute atomic E-state index is 11.9. The predicted molar refractivity (Wildman–Crippen MR) is 105 cm³/mol. The molecule has 0 bridgehead atoms. The second kappa shape index (κ2) is 7.94. The highest BCUT2D eigenvalue weighted by molar-refractivity contribution is 5.78. The molecule has 2 aliphatic heterocycles. The summed E-state index contributed by atoms with van der Waals surface area (Å²) in [6, 6.07) is 11.9. The van der Waals surface area contributed by atoms with Crippen LogP contribution in [-0.4, -0.2) is 54.3 Å². The monoisotopic (exact) mass is 366 g/mol. The van der Waals surface area contributed by atoms with Crippen LogP contribution in [0.3, 0.4) is 0 Å². The maximum atomic E-state index is 11.9. The van der Waals surface area contributed by atoms with E-state index < -0.39 is 0 Å². The SMILES string of the molecule is COc1ccccc1-c1ccc(N2CCC[C@@H](CN3CCCC3=O)C2)nn1. The van der Waals surface area contributed by atoms with Crippen LogP contribution in [0.1, 0.15) is 25.7 Å². The predicted octanol–water partition coefficient (Wildman–Crippen LogP) is 2.99. The van der Waals surface area contributed by atoms with Crippen LogP contribution in [0.2, 0.25) is 0 Å². The van der Waals surface area contributed by atoms with Gasteiger partial charge in [-0.2, -0.15) is 0 Å². The van der Waals surface area contributed by atoms with E-state index in [0.717, 1.165) is 61.8 Å². The van der Waals surface area contributed by atoms with E-state index >= 15 is 0 Å². The summed E-state index contributed by atoms with van der Waals surface area (Å²) >= 11 is 0. The van der Waals surface area contributed by atoms with Gasteiger partial charge in [-0.15, -0.1) is 10.2 Å². The minimum absolute atomic E-state index is 0.313. The molecule has 0 spiro atoms. The number of methoxy groups -OCH3 is 1. The van der Waals surface area contributed by atoms with Gasteiger partial charge in [0.15, 0.2) is 5.82 Å². The fraction of sp³-hybridized carbons (Fsp3) is 0.476. The lowest BCUT2D eigenvalue weighted by atomic mass is 9.97. The standard InChI is InChI=1S/C21H26N4O2/c1-27-19-8-3-2-7-17(19)18-10-11-20(23-22-18)24-12-4-6-16(14-24)15-25-13-5-9-21(25)26/h2-3,7-8,10-11,16H,4-6,9,12-15H2,1H3/t16-/m1/s1. The Morgan fingerprint density at radius 2 is 2.00 bits per heavy atom. The first-order chi connectivity index (χ1) is 13.2. The molecule has 0 N–H and O–H groups in total. The average molecular weight is 366 g/mol. The van der Waals surface area contributed by atoms with Crippen molar-refractivity contribution in [1.29, 1.82) is 0 Å². The number of carbonyl (C=O) groups excluding carboxylic acids is 1. The van der Waals surface area contributed by atoms with Crippen molar-refractivity contribution in [2.75, 3.05) is 38.2 Å². The summed E-state index contributed by atoms with van der Waals surface area (Å²) in [7, 11) is 1.67. The number of amides is 1. The van der Waals surface area contributed by atoms with Crippen LogP contribution >= 0.6 is 0 Å². The van der Waals surface area contributed by atoms with Gasteiger partial charge in [0.2, 0.25) is 5.91 Å². The van der Waals surface area contributed by atoms with E-state index in [1.807, 2.05) is 41.3 Å². The van der Waals surface area contributed by atoms with Crippen LogP contribution in [0.5, 0.6) is 5.75 Å². The van der Waals surface area contributed by atoms with Crippen molar-refractivity contribution in [1.82, 2.24) is 15.1 Å². The minimum Gasteiger partial charge on any atom is -0.496 e. The molecule has 4 rings (SSSR count). The van der Waals surface area contributed by atoms with E-state index in [-0.39, 0.29) is 0 Å².